The van der Waals surface area contributed by atoms with E-state index in [4.69, 9.17) is 4.74 Å². The van der Waals surface area contributed by atoms with Crippen molar-refractivity contribution in [2.24, 2.45) is 7.05 Å². The van der Waals surface area contributed by atoms with Gasteiger partial charge in [-0.15, -0.1) is 0 Å². The second-order valence-corrected chi connectivity index (χ2v) is 8.20. The van der Waals surface area contributed by atoms with Crippen molar-refractivity contribution in [2.75, 3.05) is 0 Å². The van der Waals surface area contributed by atoms with E-state index in [2.05, 4.69) is 9.97 Å². The smallest absolute Gasteiger partial charge is 0.253 e. The van der Waals surface area contributed by atoms with Crippen molar-refractivity contribution in [1.29, 1.82) is 0 Å². The molecule has 0 radical (unpaired) electrons. The molecule has 1 N–H and O–H groups in total. The minimum absolute atomic E-state index is 0.0868. The number of hydrogen-bond acceptors (Lipinski definition) is 5. The number of halogens is 2. The average Bonchev–Trinajstić information content (AvgIpc) is 2.73. The van der Waals surface area contributed by atoms with Crippen molar-refractivity contribution >= 4 is 11.1 Å². The Labute approximate surface area is 179 Å². The number of aryl methyl sites for hydroxylation is 1. The minimum atomic E-state index is -2.16. The van der Waals surface area contributed by atoms with Crippen LogP contribution in [0.15, 0.2) is 35.4 Å². The molecule has 31 heavy (non-hydrogen) atoms. The van der Waals surface area contributed by atoms with Crippen LogP contribution in [0.1, 0.15) is 29.8 Å². The molecular weight excluding hydrogens is 428 g/mol. The SMILES string of the molecule is Cn1cc(-c2nc(CS(=O)O)ncc2Oc2ccc(F)cc2F)c2c(c1=O)CCCC2. The highest BCUT2D eigenvalue weighted by Crippen LogP contribution is 2.36. The molecule has 4 rings (SSSR count). The number of ether oxygens (including phenoxy) is 1. The first-order valence-corrected chi connectivity index (χ1v) is 10.9. The number of nitrogens with zero attached hydrogens (tertiary/aromatic N) is 3. The Morgan fingerprint density at radius 1 is 1.19 bits per heavy atom. The molecule has 1 atom stereocenters. The number of aromatic nitrogens is 3. The van der Waals surface area contributed by atoms with Gasteiger partial charge in [0.05, 0.1) is 6.20 Å². The van der Waals surface area contributed by atoms with E-state index in [0.29, 0.717) is 30.0 Å². The monoisotopic (exact) mass is 447 g/mol. The van der Waals surface area contributed by atoms with Gasteiger partial charge in [-0.2, -0.15) is 0 Å². The number of fused-ring (bicyclic) bond motifs is 1. The molecule has 0 amide bonds. The number of pyridine rings is 1. The molecule has 0 spiro atoms. The van der Waals surface area contributed by atoms with Crippen molar-refractivity contribution in [3.63, 3.8) is 0 Å². The van der Waals surface area contributed by atoms with E-state index < -0.39 is 22.7 Å². The van der Waals surface area contributed by atoms with Gasteiger partial charge in [-0.1, -0.05) is 0 Å². The first-order valence-electron chi connectivity index (χ1n) is 9.61. The molecule has 0 bridgehead atoms. The molecule has 1 aliphatic carbocycles. The average molecular weight is 447 g/mol. The first kappa shape index (κ1) is 21.3. The molecule has 162 valence electrons. The Morgan fingerprint density at radius 2 is 1.94 bits per heavy atom. The molecule has 1 aliphatic rings. The van der Waals surface area contributed by atoms with Crippen molar-refractivity contribution in [3.8, 4) is 22.8 Å². The van der Waals surface area contributed by atoms with Crippen LogP contribution in [0.25, 0.3) is 11.3 Å². The van der Waals surface area contributed by atoms with Gasteiger partial charge in [0.1, 0.15) is 23.1 Å². The Balaban J connectivity index is 1.90. The van der Waals surface area contributed by atoms with Gasteiger partial charge in [-0.25, -0.2) is 23.0 Å². The summed E-state index contributed by atoms with van der Waals surface area (Å²) in [4.78, 5) is 21.1. The van der Waals surface area contributed by atoms with Crippen molar-refractivity contribution in [2.45, 2.75) is 31.4 Å². The van der Waals surface area contributed by atoms with Crippen LogP contribution in [0.4, 0.5) is 8.78 Å². The molecule has 1 unspecified atom stereocenters. The molecule has 0 saturated heterocycles. The first-order chi connectivity index (χ1) is 14.8. The van der Waals surface area contributed by atoms with Crippen LogP contribution in [0.3, 0.4) is 0 Å². The van der Waals surface area contributed by atoms with E-state index in [1.165, 1.54) is 10.8 Å². The fourth-order valence-corrected chi connectivity index (χ4v) is 4.08. The minimum Gasteiger partial charge on any atom is -0.450 e. The normalized spacial score (nSPS) is 14.2. The van der Waals surface area contributed by atoms with Gasteiger partial charge in [0.25, 0.3) is 5.56 Å². The largest absolute Gasteiger partial charge is 0.450 e. The molecule has 0 aliphatic heterocycles. The molecule has 10 heteroatoms. The summed E-state index contributed by atoms with van der Waals surface area (Å²) < 4.78 is 55.1. The van der Waals surface area contributed by atoms with Crippen molar-refractivity contribution in [3.05, 3.63) is 69.5 Å². The van der Waals surface area contributed by atoms with E-state index in [1.807, 2.05) is 0 Å². The second-order valence-electron chi connectivity index (χ2n) is 7.26. The maximum Gasteiger partial charge on any atom is 0.253 e. The van der Waals surface area contributed by atoms with Gasteiger partial charge >= 0.3 is 0 Å². The third-order valence-corrected chi connectivity index (χ3v) is 5.63. The molecule has 1 aromatic carbocycles. The van der Waals surface area contributed by atoms with Gasteiger partial charge in [0.2, 0.25) is 0 Å². The van der Waals surface area contributed by atoms with Crippen LogP contribution in [0.2, 0.25) is 0 Å². The van der Waals surface area contributed by atoms with E-state index in [-0.39, 0.29) is 34.3 Å². The lowest BCUT2D eigenvalue weighted by molar-refractivity contribution is 0.435. The summed E-state index contributed by atoms with van der Waals surface area (Å²) in [6.45, 7) is 0. The molecular formula is C21H19F2N3O4S. The quantitative estimate of drug-likeness (QED) is 0.602. The number of hydrogen-bond donors (Lipinski definition) is 1. The Hall–Kier alpha value is -2.98. The van der Waals surface area contributed by atoms with Gasteiger partial charge in [0, 0.05) is 30.4 Å². The molecule has 0 saturated carbocycles. The van der Waals surface area contributed by atoms with Crippen LogP contribution in [0, 0.1) is 11.6 Å². The summed E-state index contributed by atoms with van der Waals surface area (Å²) in [5.74, 6) is -1.97. The summed E-state index contributed by atoms with van der Waals surface area (Å²) in [6.07, 6.45) is 6.01. The molecule has 2 aromatic heterocycles. The maximum atomic E-state index is 14.2. The Kier molecular flexibility index (Phi) is 5.92. The standard InChI is InChI=1S/C21H19F2N3O4S/c1-26-10-15(13-4-2-3-5-14(13)21(26)27)20-18(9-24-19(25-20)11-31(28)29)30-17-7-6-12(22)8-16(17)23/h6-10H,2-5,11H2,1H3,(H,28,29). The second kappa shape index (κ2) is 8.64. The third kappa shape index (κ3) is 4.40. The summed E-state index contributed by atoms with van der Waals surface area (Å²) in [7, 11) is 1.63. The molecule has 2 heterocycles. The molecule has 0 fully saturated rings. The zero-order chi connectivity index (χ0) is 22.1. The maximum absolute atomic E-state index is 14.2. The van der Waals surface area contributed by atoms with E-state index >= 15 is 0 Å². The van der Waals surface area contributed by atoms with Crippen LogP contribution >= 0.6 is 0 Å². The Morgan fingerprint density at radius 3 is 2.65 bits per heavy atom. The van der Waals surface area contributed by atoms with Crippen LogP contribution in [-0.4, -0.2) is 23.3 Å². The van der Waals surface area contributed by atoms with Crippen LogP contribution in [0.5, 0.6) is 11.5 Å². The predicted octanol–water partition coefficient (Wildman–Crippen LogP) is 3.51. The van der Waals surface area contributed by atoms with Gasteiger partial charge in [-0.05, 0) is 43.4 Å². The van der Waals surface area contributed by atoms with Crippen molar-refractivity contribution < 1.29 is 22.3 Å². The highest BCUT2D eigenvalue weighted by molar-refractivity contribution is 7.78. The topological polar surface area (TPSA) is 94.3 Å². The van der Waals surface area contributed by atoms with E-state index in [0.717, 1.165) is 30.5 Å². The van der Waals surface area contributed by atoms with E-state index in [9.17, 15) is 22.3 Å². The lowest BCUT2D eigenvalue weighted by Crippen LogP contribution is -2.25. The molecule has 3 aromatic rings. The third-order valence-electron chi connectivity index (χ3n) is 5.12. The lowest BCUT2D eigenvalue weighted by atomic mass is 9.88. The zero-order valence-electron chi connectivity index (χ0n) is 16.6. The highest BCUT2D eigenvalue weighted by Gasteiger charge is 2.23. The van der Waals surface area contributed by atoms with Gasteiger partial charge in [0.15, 0.2) is 28.4 Å². The number of benzene rings is 1. The van der Waals surface area contributed by atoms with Gasteiger partial charge in [-0.3, -0.25) is 4.79 Å². The highest BCUT2D eigenvalue weighted by atomic mass is 32.2. The summed E-state index contributed by atoms with van der Waals surface area (Å²) in [5.41, 5.74) is 2.32. The fraction of sp³-hybridized carbons (Fsp3) is 0.286. The van der Waals surface area contributed by atoms with E-state index in [1.54, 1.807) is 13.2 Å². The van der Waals surface area contributed by atoms with Crippen molar-refractivity contribution in [1.82, 2.24) is 14.5 Å². The molecule has 7 nitrogen and oxygen atoms in total. The zero-order valence-corrected chi connectivity index (χ0v) is 17.4. The lowest BCUT2D eigenvalue weighted by Gasteiger charge is -2.21. The van der Waals surface area contributed by atoms with Crippen LogP contribution < -0.4 is 10.3 Å². The van der Waals surface area contributed by atoms with Crippen LogP contribution in [-0.2, 0) is 36.7 Å². The summed E-state index contributed by atoms with van der Waals surface area (Å²) in [6, 6.07) is 2.92. The Bertz CT molecular complexity index is 1250. The van der Waals surface area contributed by atoms with Gasteiger partial charge < -0.3 is 13.9 Å². The predicted molar refractivity (Wildman–Crippen MR) is 110 cm³/mol. The number of rotatable bonds is 5. The fourth-order valence-electron chi connectivity index (χ4n) is 3.72. The summed E-state index contributed by atoms with van der Waals surface area (Å²) in [5, 5.41) is 0. The summed E-state index contributed by atoms with van der Waals surface area (Å²) >= 11 is -2.16.